The third-order valence-corrected chi connectivity index (χ3v) is 3.52. The standard InChI is InChI=1S/C12H18N2O10/c15-8-5-20-12-9(6-21-11(8)12)23-10(16)1-2-19-3-7(24-14-18)4-22-13-17/h7-9,11-12,15H,1-6H2/t7?,8?,9?,11-,12-/m1/s1. The molecular formula is C12H18N2O10. The number of aliphatic hydroxyl groups is 1. The first-order valence-electron chi connectivity index (χ1n) is 7.27. The Morgan fingerprint density at radius 3 is 2.71 bits per heavy atom. The Balaban J connectivity index is 1.61. The van der Waals surface area contributed by atoms with Crippen molar-refractivity contribution < 1.29 is 38.5 Å². The Kier molecular flexibility index (Phi) is 7.24. The van der Waals surface area contributed by atoms with Crippen molar-refractivity contribution in [1.82, 2.24) is 0 Å². The van der Waals surface area contributed by atoms with Gasteiger partial charge in [0.15, 0.2) is 29.5 Å². The molecule has 2 saturated heterocycles. The minimum atomic E-state index is -0.909. The molecule has 0 aromatic rings. The number of rotatable bonds is 11. The van der Waals surface area contributed by atoms with Crippen molar-refractivity contribution >= 4 is 5.97 Å². The summed E-state index contributed by atoms with van der Waals surface area (Å²) in [7, 11) is 0. The van der Waals surface area contributed by atoms with Gasteiger partial charge in [0.1, 0.15) is 18.3 Å². The molecule has 2 aliphatic heterocycles. The molecule has 0 saturated carbocycles. The van der Waals surface area contributed by atoms with Crippen molar-refractivity contribution in [2.45, 2.75) is 36.9 Å². The fourth-order valence-electron chi connectivity index (χ4n) is 2.43. The number of carbonyl (C=O) groups excluding carboxylic acids is 1. The summed E-state index contributed by atoms with van der Waals surface area (Å²) in [4.78, 5) is 40.1. The summed E-state index contributed by atoms with van der Waals surface area (Å²) in [5.74, 6) is -0.522. The Labute approximate surface area is 136 Å². The molecule has 24 heavy (non-hydrogen) atoms. The lowest BCUT2D eigenvalue weighted by Crippen LogP contribution is -2.34. The van der Waals surface area contributed by atoms with E-state index < -0.39 is 36.5 Å². The number of ether oxygens (including phenoxy) is 4. The van der Waals surface area contributed by atoms with E-state index in [0.29, 0.717) is 0 Å². The van der Waals surface area contributed by atoms with E-state index in [0.717, 1.165) is 0 Å². The van der Waals surface area contributed by atoms with E-state index in [4.69, 9.17) is 18.9 Å². The molecule has 0 aliphatic carbocycles. The van der Waals surface area contributed by atoms with Crippen LogP contribution < -0.4 is 0 Å². The van der Waals surface area contributed by atoms with Gasteiger partial charge in [-0.15, -0.1) is 9.81 Å². The summed E-state index contributed by atoms with van der Waals surface area (Å²) in [5.41, 5.74) is 0. The SMILES string of the molecule is O=NOCC(COCCC(=O)OC1CO[C@@H]2C(O)CO[C@H]12)ON=O. The second-order valence-electron chi connectivity index (χ2n) is 5.19. The van der Waals surface area contributed by atoms with E-state index in [-0.39, 0.29) is 39.5 Å². The second-order valence-corrected chi connectivity index (χ2v) is 5.19. The molecule has 0 amide bonds. The highest BCUT2D eigenvalue weighted by Gasteiger charge is 2.48. The minimum Gasteiger partial charge on any atom is -0.457 e. The van der Waals surface area contributed by atoms with Gasteiger partial charge in [-0.2, -0.15) is 0 Å². The molecule has 2 heterocycles. The van der Waals surface area contributed by atoms with Crippen LogP contribution in [-0.4, -0.2) is 74.6 Å². The molecule has 12 heteroatoms. The minimum absolute atomic E-state index is 0.00276. The molecule has 0 aromatic heterocycles. The predicted molar refractivity (Wildman–Crippen MR) is 73.2 cm³/mol. The third kappa shape index (κ3) is 5.06. The van der Waals surface area contributed by atoms with Gasteiger partial charge in [0.2, 0.25) is 0 Å². The molecule has 3 unspecified atom stereocenters. The van der Waals surface area contributed by atoms with E-state index in [9.17, 15) is 19.7 Å². The Morgan fingerprint density at radius 2 is 1.96 bits per heavy atom. The molecule has 0 radical (unpaired) electrons. The van der Waals surface area contributed by atoms with E-state index in [1.807, 2.05) is 0 Å². The molecule has 2 aliphatic rings. The number of fused-ring (bicyclic) bond motifs is 1. The topological polar surface area (TPSA) is 152 Å². The smallest absolute Gasteiger partial charge is 0.308 e. The Hall–Kier alpha value is -1.89. The van der Waals surface area contributed by atoms with Crippen LogP contribution in [0.25, 0.3) is 0 Å². The van der Waals surface area contributed by atoms with Gasteiger partial charge >= 0.3 is 5.97 Å². The lowest BCUT2D eigenvalue weighted by atomic mass is 10.1. The van der Waals surface area contributed by atoms with Crippen molar-refractivity contribution in [3.8, 4) is 0 Å². The number of hydrogen-bond donors (Lipinski definition) is 1. The van der Waals surface area contributed by atoms with Gasteiger partial charge in [0, 0.05) is 0 Å². The van der Waals surface area contributed by atoms with Crippen LogP contribution in [0.3, 0.4) is 0 Å². The fourth-order valence-corrected chi connectivity index (χ4v) is 2.43. The molecule has 1 N–H and O–H groups in total. The quantitative estimate of drug-likeness (QED) is 0.217. The average Bonchev–Trinajstić information content (AvgIpc) is 3.13. The number of nitrogens with zero attached hydrogens (tertiary/aromatic N) is 2. The number of aliphatic hydroxyl groups excluding tert-OH is 1. The zero-order valence-corrected chi connectivity index (χ0v) is 12.6. The molecule has 0 spiro atoms. The maximum absolute atomic E-state index is 11.8. The highest BCUT2D eigenvalue weighted by atomic mass is 16.8. The molecular weight excluding hydrogens is 332 g/mol. The van der Waals surface area contributed by atoms with Crippen molar-refractivity contribution in [3.63, 3.8) is 0 Å². The Morgan fingerprint density at radius 1 is 1.17 bits per heavy atom. The van der Waals surface area contributed by atoms with E-state index in [1.54, 1.807) is 0 Å². The molecule has 5 atom stereocenters. The number of carbonyl (C=O) groups is 1. The first kappa shape index (κ1) is 18.4. The normalized spacial score (nSPS) is 29.5. The fraction of sp³-hybridized carbons (Fsp3) is 0.917. The van der Waals surface area contributed by atoms with Crippen LogP contribution >= 0.6 is 0 Å². The second kappa shape index (κ2) is 9.42. The maximum Gasteiger partial charge on any atom is 0.308 e. The monoisotopic (exact) mass is 350 g/mol. The summed E-state index contributed by atoms with van der Waals surface area (Å²) in [6.45, 7) is -0.119. The van der Waals surface area contributed by atoms with E-state index in [1.165, 1.54) is 0 Å². The summed E-state index contributed by atoms with van der Waals surface area (Å²) < 4.78 is 21.0. The van der Waals surface area contributed by atoms with Gasteiger partial charge in [-0.25, -0.2) is 0 Å². The summed E-state index contributed by atoms with van der Waals surface area (Å²) in [5, 5.41) is 14.0. The van der Waals surface area contributed by atoms with Gasteiger partial charge in [-0.05, 0) is 0 Å². The maximum atomic E-state index is 11.8. The molecule has 2 rings (SSSR count). The van der Waals surface area contributed by atoms with Crippen LogP contribution in [0, 0.1) is 9.81 Å². The Bertz CT molecular complexity index is 436. The van der Waals surface area contributed by atoms with Gasteiger partial charge in [-0.3, -0.25) is 4.79 Å². The lowest BCUT2D eigenvalue weighted by molar-refractivity contribution is -0.155. The number of hydrogen-bond acceptors (Lipinski definition) is 12. The van der Waals surface area contributed by atoms with Crippen LogP contribution in [0.15, 0.2) is 10.7 Å². The first-order valence-corrected chi connectivity index (χ1v) is 7.27. The zero-order chi connectivity index (χ0) is 17.4. The van der Waals surface area contributed by atoms with E-state index in [2.05, 4.69) is 20.4 Å². The van der Waals surface area contributed by atoms with Crippen LogP contribution in [0.5, 0.6) is 0 Å². The summed E-state index contributed by atoms with van der Waals surface area (Å²) >= 11 is 0. The van der Waals surface area contributed by atoms with Crippen LogP contribution in [0.1, 0.15) is 6.42 Å². The summed E-state index contributed by atoms with van der Waals surface area (Å²) in [6, 6.07) is 0. The van der Waals surface area contributed by atoms with Crippen LogP contribution in [0.4, 0.5) is 0 Å². The van der Waals surface area contributed by atoms with Crippen molar-refractivity contribution in [2.75, 3.05) is 33.0 Å². The molecule has 0 aromatic carbocycles. The largest absolute Gasteiger partial charge is 0.457 e. The number of esters is 1. The predicted octanol–water partition coefficient (Wildman–Crippen LogP) is -0.772. The zero-order valence-electron chi connectivity index (χ0n) is 12.6. The van der Waals surface area contributed by atoms with Crippen LogP contribution in [0.2, 0.25) is 0 Å². The lowest BCUT2D eigenvalue weighted by Gasteiger charge is -2.16. The average molecular weight is 350 g/mol. The van der Waals surface area contributed by atoms with E-state index >= 15 is 0 Å². The molecule has 12 nitrogen and oxygen atoms in total. The molecule has 0 bridgehead atoms. The van der Waals surface area contributed by atoms with Gasteiger partial charge in [0.05, 0.1) is 32.8 Å². The molecule has 2 fully saturated rings. The summed E-state index contributed by atoms with van der Waals surface area (Å²) in [6.07, 6.45) is -3.18. The van der Waals surface area contributed by atoms with Crippen molar-refractivity contribution in [2.24, 2.45) is 10.7 Å². The first-order chi connectivity index (χ1) is 11.7. The highest BCUT2D eigenvalue weighted by molar-refractivity contribution is 5.69. The highest BCUT2D eigenvalue weighted by Crippen LogP contribution is 2.28. The van der Waals surface area contributed by atoms with Crippen LogP contribution in [-0.2, 0) is 33.4 Å². The van der Waals surface area contributed by atoms with Gasteiger partial charge in [0.25, 0.3) is 0 Å². The van der Waals surface area contributed by atoms with Gasteiger partial charge < -0.3 is 33.7 Å². The third-order valence-electron chi connectivity index (χ3n) is 3.52. The molecule has 136 valence electrons. The van der Waals surface area contributed by atoms with Crippen molar-refractivity contribution in [1.29, 1.82) is 0 Å². The van der Waals surface area contributed by atoms with Crippen molar-refractivity contribution in [3.05, 3.63) is 9.81 Å². The van der Waals surface area contributed by atoms with Gasteiger partial charge in [-0.1, -0.05) is 0 Å².